The van der Waals surface area contributed by atoms with Gasteiger partial charge in [0.1, 0.15) is 11.3 Å². The lowest BCUT2D eigenvalue weighted by atomic mass is 10.1. The number of hydrogen-bond donors (Lipinski definition) is 1. The van der Waals surface area contributed by atoms with Gasteiger partial charge in [-0.3, -0.25) is 0 Å². The van der Waals surface area contributed by atoms with Gasteiger partial charge in [0.15, 0.2) is 0 Å². The molecule has 3 heteroatoms. The first kappa shape index (κ1) is 13.1. The number of carbonyl (C=O) groups excluding carboxylic acids is 1. The van der Waals surface area contributed by atoms with E-state index in [1.165, 1.54) is 11.6 Å². The van der Waals surface area contributed by atoms with E-state index in [2.05, 4.69) is 0 Å². The van der Waals surface area contributed by atoms with Gasteiger partial charge in [0, 0.05) is 0 Å². The van der Waals surface area contributed by atoms with Crippen LogP contribution in [0.2, 0.25) is 0 Å². The molecule has 19 heavy (non-hydrogen) atoms. The van der Waals surface area contributed by atoms with Crippen LogP contribution in [0, 0.1) is 0 Å². The zero-order valence-corrected chi connectivity index (χ0v) is 10.6. The van der Waals surface area contributed by atoms with E-state index in [4.69, 9.17) is 4.74 Å². The fourth-order valence-electron chi connectivity index (χ4n) is 1.81. The van der Waals surface area contributed by atoms with Gasteiger partial charge in [-0.1, -0.05) is 42.5 Å². The van der Waals surface area contributed by atoms with Gasteiger partial charge in [-0.25, -0.2) is 4.79 Å². The van der Waals surface area contributed by atoms with Gasteiger partial charge in [0.05, 0.1) is 6.61 Å². The van der Waals surface area contributed by atoms with E-state index in [0.717, 1.165) is 12.8 Å². The number of aryl methyl sites for hydroxylation is 1. The SMILES string of the molecule is O=C(OCCCc1ccccc1)c1ccccc1O. The van der Waals surface area contributed by atoms with Crippen molar-refractivity contribution in [3.8, 4) is 5.75 Å². The van der Waals surface area contributed by atoms with Crippen molar-refractivity contribution in [1.82, 2.24) is 0 Å². The molecule has 0 heterocycles. The van der Waals surface area contributed by atoms with Crippen molar-refractivity contribution < 1.29 is 14.6 Å². The van der Waals surface area contributed by atoms with Crippen molar-refractivity contribution in [3.05, 3.63) is 65.7 Å². The zero-order chi connectivity index (χ0) is 13.5. The monoisotopic (exact) mass is 256 g/mol. The van der Waals surface area contributed by atoms with Crippen LogP contribution >= 0.6 is 0 Å². The molecule has 0 amide bonds. The molecule has 0 atom stereocenters. The summed E-state index contributed by atoms with van der Waals surface area (Å²) in [5, 5.41) is 9.51. The topological polar surface area (TPSA) is 46.5 Å². The Kier molecular flexibility index (Phi) is 4.56. The van der Waals surface area contributed by atoms with Crippen molar-refractivity contribution in [3.63, 3.8) is 0 Å². The lowest BCUT2D eigenvalue weighted by Gasteiger charge is -2.06. The molecule has 0 aliphatic heterocycles. The molecule has 0 bridgehead atoms. The summed E-state index contributed by atoms with van der Waals surface area (Å²) in [6, 6.07) is 16.4. The Labute approximate surface area is 112 Å². The molecule has 2 aromatic rings. The van der Waals surface area contributed by atoms with Gasteiger partial charge < -0.3 is 9.84 Å². The number of aromatic hydroxyl groups is 1. The van der Waals surface area contributed by atoms with Gasteiger partial charge in [0.2, 0.25) is 0 Å². The summed E-state index contributed by atoms with van der Waals surface area (Å²) in [7, 11) is 0. The van der Waals surface area contributed by atoms with E-state index in [0.29, 0.717) is 6.61 Å². The average Bonchev–Trinajstić information content (AvgIpc) is 2.45. The molecule has 1 N–H and O–H groups in total. The number of para-hydroxylation sites is 1. The Bertz CT molecular complexity index is 535. The molecule has 0 aliphatic rings. The van der Waals surface area contributed by atoms with E-state index in [1.807, 2.05) is 30.3 Å². The molecule has 0 spiro atoms. The van der Waals surface area contributed by atoms with Crippen LogP contribution in [-0.4, -0.2) is 17.7 Å². The third-order valence-corrected chi connectivity index (χ3v) is 2.81. The molecule has 0 radical (unpaired) electrons. The van der Waals surface area contributed by atoms with Gasteiger partial charge >= 0.3 is 5.97 Å². The number of ether oxygens (including phenoxy) is 1. The molecule has 2 aromatic carbocycles. The molecule has 0 saturated carbocycles. The number of phenols is 1. The van der Waals surface area contributed by atoms with Crippen LogP contribution in [0.4, 0.5) is 0 Å². The first-order chi connectivity index (χ1) is 9.27. The average molecular weight is 256 g/mol. The van der Waals surface area contributed by atoms with Crippen molar-refractivity contribution >= 4 is 5.97 Å². The van der Waals surface area contributed by atoms with Gasteiger partial charge in [0.25, 0.3) is 0 Å². The molecular weight excluding hydrogens is 240 g/mol. The summed E-state index contributed by atoms with van der Waals surface area (Å²) in [5.74, 6) is -0.526. The normalized spacial score (nSPS) is 10.1. The third-order valence-electron chi connectivity index (χ3n) is 2.81. The zero-order valence-electron chi connectivity index (χ0n) is 10.6. The predicted octanol–water partition coefficient (Wildman–Crippen LogP) is 3.18. The minimum absolute atomic E-state index is 0.0458. The molecular formula is C16H16O3. The Morgan fingerprint density at radius 3 is 2.42 bits per heavy atom. The standard InChI is InChI=1S/C16H16O3/c17-15-11-5-4-10-14(15)16(18)19-12-6-9-13-7-2-1-3-8-13/h1-5,7-8,10-11,17H,6,9,12H2. The van der Waals surface area contributed by atoms with Crippen molar-refractivity contribution in [2.24, 2.45) is 0 Å². The highest BCUT2D eigenvalue weighted by molar-refractivity contribution is 5.92. The smallest absolute Gasteiger partial charge is 0.341 e. The van der Waals surface area contributed by atoms with Crippen LogP contribution < -0.4 is 0 Å². The minimum Gasteiger partial charge on any atom is -0.507 e. The number of phenolic OH excluding ortho intramolecular Hbond substituents is 1. The minimum atomic E-state index is -0.480. The van der Waals surface area contributed by atoms with E-state index < -0.39 is 5.97 Å². The third kappa shape index (κ3) is 3.85. The maximum Gasteiger partial charge on any atom is 0.341 e. The lowest BCUT2D eigenvalue weighted by Crippen LogP contribution is -2.07. The second-order valence-electron chi connectivity index (χ2n) is 4.24. The highest BCUT2D eigenvalue weighted by Crippen LogP contribution is 2.16. The van der Waals surface area contributed by atoms with Crippen LogP contribution in [0.15, 0.2) is 54.6 Å². The molecule has 98 valence electrons. The quantitative estimate of drug-likeness (QED) is 0.660. The first-order valence-corrected chi connectivity index (χ1v) is 6.26. The molecule has 2 rings (SSSR count). The summed E-state index contributed by atoms with van der Waals surface area (Å²) >= 11 is 0. The highest BCUT2D eigenvalue weighted by atomic mass is 16.5. The predicted molar refractivity (Wildman–Crippen MR) is 73.2 cm³/mol. The fourth-order valence-corrected chi connectivity index (χ4v) is 1.81. The molecule has 0 fully saturated rings. The molecule has 0 saturated heterocycles. The van der Waals surface area contributed by atoms with Crippen molar-refractivity contribution in [2.45, 2.75) is 12.8 Å². The number of rotatable bonds is 5. The van der Waals surface area contributed by atoms with Crippen molar-refractivity contribution in [1.29, 1.82) is 0 Å². The van der Waals surface area contributed by atoms with Crippen LogP contribution in [0.5, 0.6) is 5.75 Å². The van der Waals surface area contributed by atoms with E-state index in [1.54, 1.807) is 18.2 Å². The van der Waals surface area contributed by atoms with Crippen LogP contribution in [0.25, 0.3) is 0 Å². The maximum atomic E-state index is 11.7. The number of esters is 1. The second-order valence-corrected chi connectivity index (χ2v) is 4.24. The van der Waals surface area contributed by atoms with E-state index in [9.17, 15) is 9.90 Å². The highest BCUT2D eigenvalue weighted by Gasteiger charge is 2.10. The van der Waals surface area contributed by atoms with E-state index >= 15 is 0 Å². The fraction of sp³-hybridized carbons (Fsp3) is 0.188. The second kappa shape index (κ2) is 6.59. The lowest BCUT2D eigenvalue weighted by molar-refractivity contribution is 0.0497. The van der Waals surface area contributed by atoms with Crippen LogP contribution in [-0.2, 0) is 11.2 Å². The number of carbonyl (C=O) groups is 1. The molecule has 0 unspecified atom stereocenters. The summed E-state index contributed by atoms with van der Waals surface area (Å²) in [6.45, 7) is 0.349. The first-order valence-electron chi connectivity index (χ1n) is 6.26. The Morgan fingerprint density at radius 2 is 1.68 bits per heavy atom. The summed E-state index contributed by atoms with van der Waals surface area (Å²) in [5.41, 5.74) is 1.43. The van der Waals surface area contributed by atoms with Crippen LogP contribution in [0.3, 0.4) is 0 Å². The van der Waals surface area contributed by atoms with Gasteiger partial charge in [-0.15, -0.1) is 0 Å². The number of hydrogen-bond acceptors (Lipinski definition) is 3. The molecule has 3 nitrogen and oxygen atoms in total. The van der Waals surface area contributed by atoms with Crippen LogP contribution in [0.1, 0.15) is 22.3 Å². The molecule has 0 aromatic heterocycles. The van der Waals surface area contributed by atoms with Crippen molar-refractivity contribution in [2.75, 3.05) is 6.61 Å². The Balaban J connectivity index is 1.77. The summed E-state index contributed by atoms with van der Waals surface area (Å²) < 4.78 is 5.13. The largest absolute Gasteiger partial charge is 0.507 e. The maximum absolute atomic E-state index is 11.7. The van der Waals surface area contributed by atoms with Gasteiger partial charge in [-0.05, 0) is 30.5 Å². The Morgan fingerprint density at radius 1 is 1.00 bits per heavy atom. The molecule has 0 aliphatic carbocycles. The number of benzene rings is 2. The van der Waals surface area contributed by atoms with E-state index in [-0.39, 0.29) is 11.3 Å². The Hall–Kier alpha value is -2.29. The van der Waals surface area contributed by atoms with Gasteiger partial charge in [-0.2, -0.15) is 0 Å². The summed E-state index contributed by atoms with van der Waals surface area (Å²) in [4.78, 5) is 11.7. The summed E-state index contributed by atoms with van der Waals surface area (Å²) in [6.07, 6.45) is 1.64.